The fourth-order valence-electron chi connectivity index (χ4n) is 3.34. The Morgan fingerprint density at radius 3 is 2.28 bits per heavy atom. The van der Waals surface area contributed by atoms with Crippen molar-refractivity contribution in [1.82, 2.24) is 4.90 Å². The zero-order valence-electron chi connectivity index (χ0n) is 15.8. The minimum Gasteiger partial charge on any atom is -0.330 e. The largest absolute Gasteiger partial charge is 0.330 e. The third-order valence-corrected chi connectivity index (χ3v) is 5.74. The van der Waals surface area contributed by atoms with E-state index in [4.69, 9.17) is 5.14 Å². The van der Waals surface area contributed by atoms with Crippen molar-refractivity contribution < 1.29 is 22.8 Å². The third kappa shape index (κ3) is 4.52. The lowest BCUT2D eigenvalue weighted by molar-refractivity contribution is -0.136. The highest BCUT2D eigenvalue weighted by Crippen LogP contribution is 2.25. The summed E-state index contributed by atoms with van der Waals surface area (Å²) < 4.78 is 22.7. The zero-order chi connectivity index (χ0) is 21.2. The Balaban J connectivity index is 1.74. The Morgan fingerprint density at radius 1 is 1.10 bits per heavy atom. The standard InChI is InChI=1S/C20H21N3O5S/c1-14(24)22(12-11-15-7-9-17(10-8-15)29(21,27)28)18-13-19(25)23(20(18)26)16-5-3-2-4-6-16/h2-10,18H,11-13H2,1H3,(H2,21,27,28)/t18-/m1/s1. The molecule has 2 aromatic rings. The molecule has 2 aromatic carbocycles. The Morgan fingerprint density at radius 2 is 1.72 bits per heavy atom. The molecule has 1 aliphatic heterocycles. The zero-order valence-corrected chi connectivity index (χ0v) is 16.6. The fourth-order valence-corrected chi connectivity index (χ4v) is 3.85. The van der Waals surface area contributed by atoms with Crippen molar-refractivity contribution >= 4 is 33.4 Å². The minimum atomic E-state index is -3.78. The van der Waals surface area contributed by atoms with Crippen LogP contribution in [0.4, 0.5) is 5.69 Å². The molecule has 1 saturated heterocycles. The lowest BCUT2D eigenvalue weighted by Crippen LogP contribution is -2.45. The Hall–Kier alpha value is -3.04. The summed E-state index contributed by atoms with van der Waals surface area (Å²) in [6.45, 7) is 1.57. The fraction of sp³-hybridized carbons (Fsp3) is 0.250. The van der Waals surface area contributed by atoms with Crippen LogP contribution in [0, 0.1) is 0 Å². The number of primary sulfonamides is 1. The van der Waals surface area contributed by atoms with Crippen LogP contribution in [0.3, 0.4) is 0 Å². The number of benzene rings is 2. The average Bonchev–Trinajstić information content (AvgIpc) is 2.96. The van der Waals surface area contributed by atoms with E-state index in [0.29, 0.717) is 12.1 Å². The summed E-state index contributed by atoms with van der Waals surface area (Å²) in [4.78, 5) is 40.0. The molecule has 1 atom stereocenters. The topological polar surface area (TPSA) is 118 Å². The van der Waals surface area contributed by atoms with E-state index in [1.54, 1.807) is 42.5 Å². The van der Waals surface area contributed by atoms with Crippen LogP contribution in [0.1, 0.15) is 18.9 Å². The Bertz CT molecular complexity index is 1040. The summed E-state index contributed by atoms with van der Waals surface area (Å²) in [6, 6.07) is 13.7. The number of rotatable bonds is 6. The number of nitrogens with two attached hydrogens (primary N) is 1. The number of sulfonamides is 1. The molecule has 3 amide bonds. The SMILES string of the molecule is CC(=O)N(CCc1ccc(S(N)(=O)=O)cc1)[C@@H]1CC(=O)N(c2ccccc2)C1=O. The van der Waals surface area contributed by atoms with Gasteiger partial charge in [0, 0.05) is 13.5 Å². The predicted molar refractivity (Wildman–Crippen MR) is 106 cm³/mol. The lowest BCUT2D eigenvalue weighted by atomic mass is 10.1. The van der Waals surface area contributed by atoms with Crippen LogP contribution < -0.4 is 10.0 Å². The smallest absolute Gasteiger partial charge is 0.257 e. The molecule has 0 aliphatic carbocycles. The molecule has 1 fully saturated rings. The predicted octanol–water partition coefficient (Wildman–Crippen LogP) is 1.06. The summed E-state index contributed by atoms with van der Waals surface area (Å²) in [6.07, 6.45) is 0.325. The maximum Gasteiger partial charge on any atom is 0.257 e. The second-order valence-corrected chi connectivity index (χ2v) is 8.34. The molecule has 0 unspecified atom stereocenters. The number of imide groups is 1. The van der Waals surface area contributed by atoms with Gasteiger partial charge in [-0.2, -0.15) is 0 Å². The van der Waals surface area contributed by atoms with Crippen LogP contribution in [-0.4, -0.2) is 43.6 Å². The molecule has 152 valence electrons. The van der Waals surface area contributed by atoms with Crippen LogP contribution in [0.2, 0.25) is 0 Å². The number of nitrogens with zero attached hydrogens (tertiary/aromatic N) is 2. The Kier molecular flexibility index (Phi) is 5.81. The molecule has 0 saturated carbocycles. The quantitative estimate of drug-likeness (QED) is 0.708. The van der Waals surface area contributed by atoms with Crippen molar-refractivity contribution in [2.45, 2.75) is 30.7 Å². The molecule has 1 aliphatic rings. The van der Waals surface area contributed by atoms with Gasteiger partial charge in [0.2, 0.25) is 21.8 Å². The van der Waals surface area contributed by atoms with Gasteiger partial charge < -0.3 is 4.90 Å². The minimum absolute atomic E-state index is 0.000237. The molecule has 2 N–H and O–H groups in total. The third-order valence-electron chi connectivity index (χ3n) is 4.81. The van der Waals surface area contributed by atoms with Crippen LogP contribution in [0.15, 0.2) is 59.5 Å². The molecular formula is C20H21N3O5S. The molecule has 0 bridgehead atoms. The number of para-hydroxylation sites is 1. The summed E-state index contributed by atoms with van der Waals surface area (Å²) in [5, 5.41) is 5.09. The molecule has 0 spiro atoms. The van der Waals surface area contributed by atoms with E-state index in [9.17, 15) is 22.8 Å². The van der Waals surface area contributed by atoms with E-state index in [1.165, 1.54) is 24.0 Å². The monoisotopic (exact) mass is 415 g/mol. The average molecular weight is 415 g/mol. The van der Waals surface area contributed by atoms with Crippen molar-refractivity contribution in [1.29, 1.82) is 0 Å². The number of carbonyl (C=O) groups is 3. The van der Waals surface area contributed by atoms with Gasteiger partial charge in [-0.3, -0.25) is 14.4 Å². The van der Waals surface area contributed by atoms with Crippen molar-refractivity contribution in [3.05, 3.63) is 60.2 Å². The van der Waals surface area contributed by atoms with E-state index in [1.807, 2.05) is 0 Å². The lowest BCUT2D eigenvalue weighted by Gasteiger charge is -2.26. The first-order chi connectivity index (χ1) is 13.7. The van der Waals surface area contributed by atoms with E-state index in [2.05, 4.69) is 0 Å². The van der Waals surface area contributed by atoms with E-state index in [-0.39, 0.29) is 29.7 Å². The molecular weight excluding hydrogens is 394 g/mol. The van der Waals surface area contributed by atoms with Gasteiger partial charge in [0.15, 0.2) is 0 Å². The molecule has 0 radical (unpaired) electrons. The van der Waals surface area contributed by atoms with Crippen molar-refractivity contribution in [3.8, 4) is 0 Å². The van der Waals surface area contributed by atoms with Gasteiger partial charge in [-0.05, 0) is 36.2 Å². The first kappa shape index (κ1) is 20.7. The first-order valence-electron chi connectivity index (χ1n) is 8.99. The van der Waals surface area contributed by atoms with E-state index >= 15 is 0 Å². The number of amides is 3. The number of hydrogen-bond acceptors (Lipinski definition) is 5. The highest BCUT2D eigenvalue weighted by atomic mass is 32.2. The van der Waals surface area contributed by atoms with Gasteiger partial charge in [0.25, 0.3) is 5.91 Å². The van der Waals surface area contributed by atoms with E-state index < -0.39 is 22.0 Å². The van der Waals surface area contributed by atoms with Gasteiger partial charge in [0.05, 0.1) is 17.0 Å². The van der Waals surface area contributed by atoms with Gasteiger partial charge >= 0.3 is 0 Å². The van der Waals surface area contributed by atoms with Crippen LogP contribution in [0.5, 0.6) is 0 Å². The van der Waals surface area contributed by atoms with Crippen molar-refractivity contribution in [2.75, 3.05) is 11.4 Å². The molecule has 8 nitrogen and oxygen atoms in total. The number of hydrogen-bond donors (Lipinski definition) is 1. The maximum atomic E-state index is 12.9. The van der Waals surface area contributed by atoms with Crippen LogP contribution in [-0.2, 0) is 30.8 Å². The summed E-state index contributed by atoms with van der Waals surface area (Å²) in [7, 11) is -3.78. The second kappa shape index (κ2) is 8.14. The normalized spacial score (nSPS) is 16.9. The Labute approximate surface area is 169 Å². The summed E-state index contributed by atoms with van der Waals surface area (Å²) in [5.74, 6) is -1.09. The second-order valence-electron chi connectivity index (χ2n) is 6.77. The van der Waals surface area contributed by atoms with Gasteiger partial charge in [-0.1, -0.05) is 30.3 Å². The maximum absolute atomic E-state index is 12.9. The van der Waals surface area contributed by atoms with Crippen molar-refractivity contribution in [2.24, 2.45) is 5.14 Å². The molecule has 1 heterocycles. The number of anilines is 1. The molecule has 3 rings (SSSR count). The molecule has 9 heteroatoms. The summed E-state index contributed by atoms with van der Waals surface area (Å²) >= 11 is 0. The highest BCUT2D eigenvalue weighted by Gasteiger charge is 2.43. The van der Waals surface area contributed by atoms with Crippen LogP contribution in [0.25, 0.3) is 0 Å². The molecule has 0 aromatic heterocycles. The van der Waals surface area contributed by atoms with Gasteiger partial charge in [0.1, 0.15) is 6.04 Å². The van der Waals surface area contributed by atoms with E-state index in [0.717, 1.165) is 10.5 Å². The number of carbonyl (C=O) groups excluding carboxylic acids is 3. The first-order valence-corrected chi connectivity index (χ1v) is 10.5. The van der Waals surface area contributed by atoms with Crippen molar-refractivity contribution in [3.63, 3.8) is 0 Å². The van der Waals surface area contributed by atoms with Gasteiger partial charge in [-0.15, -0.1) is 0 Å². The molecule has 29 heavy (non-hydrogen) atoms. The summed E-state index contributed by atoms with van der Waals surface area (Å²) in [5.41, 5.74) is 1.26. The highest BCUT2D eigenvalue weighted by molar-refractivity contribution is 7.89. The van der Waals surface area contributed by atoms with Crippen LogP contribution >= 0.6 is 0 Å². The van der Waals surface area contributed by atoms with Gasteiger partial charge in [-0.25, -0.2) is 18.5 Å².